The van der Waals surface area contributed by atoms with Crippen LogP contribution < -0.4 is 4.74 Å². The van der Waals surface area contributed by atoms with Crippen molar-refractivity contribution in [3.05, 3.63) is 28.8 Å². The Morgan fingerprint density at radius 1 is 1.44 bits per heavy atom. The number of halogens is 4. The molecule has 0 N–H and O–H groups in total. The van der Waals surface area contributed by atoms with Crippen LogP contribution in [0.3, 0.4) is 0 Å². The maximum atomic E-state index is 12.5. The van der Waals surface area contributed by atoms with E-state index < -0.39 is 11.7 Å². The third-order valence-electron chi connectivity index (χ3n) is 2.01. The van der Waals surface area contributed by atoms with Gasteiger partial charge in [-0.3, -0.25) is 0 Å². The third-order valence-corrected chi connectivity index (χ3v) is 2.28. The lowest BCUT2D eigenvalue weighted by Gasteiger charge is -2.12. The Bertz CT molecular complexity index is 437. The predicted octanol–water partition coefficient (Wildman–Crippen LogP) is 3.32. The van der Waals surface area contributed by atoms with Gasteiger partial charge in [-0.05, 0) is 12.1 Å². The molecule has 2 nitrogen and oxygen atoms in total. The van der Waals surface area contributed by atoms with Crippen LogP contribution in [0.5, 0.6) is 5.75 Å². The maximum absolute atomic E-state index is 12.5. The van der Waals surface area contributed by atoms with E-state index in [9.17, 15) is 13.2 Å². The van der Waals surface area contributed by atoms with E-state index in [0.29, 0.717) is 0 Å². The van der Waals surface area contributed by atoms with Gasteiger partial charge in [0.05, 0.1) is 30.2 Å². The van der Waals surface area contributed by atoms with Gasteiger partial charge in [0.2, 0.25) is 0 Å². The van der Waals surface area contributed by atoms with Crippen LogP contribution in [0, 0.1) is 11.3 Å². The Balaban J connectivity index is 3.45. The second kappa shape index (κ2) is 4.62. The van der Waals surface area contributed by atoms with Crippen LogP contribution in [0.25, 0.3) is 0 Å². The third kappa shape index (κ3) is 2.39. The number of ether oxygens (including phenoxy) is 1. The van der Waals surface area contributed by atoms with Crippen molar-refractivity contribution in [3.8, 4) is 11.8 Å². The minimum Gasteiger partial charge on any atom is -0.496 e. The molecule has 0 aliphatic rings. The molecular formula is C10H7ClF3NO. The summed E-state index contributed by atoms with van der Waals surface area (Å²) < 4.78 is 42.2. The minimum absolute atomic E-state index is 0.0265. The van der Waals surface area contributed by atoms with Gasteiger partial charge >= 0.3 is 6.18 Å². The van der Waals surface area contributed by atoms with Crippen molar-refractivity contribution in [2.24, 2.45) is 0 Å². The molecule has 0 aliphatic heterocycles. The van der Waals surface area contributed by atoms with E-state index in [4.69, 9.17) is 21.6 Å². The van der Waals surface area contributed by atoms with Gasteiger partial charge in [-0.15, -0.1) is 11.6 Å². The van der Waals surface area contributed by atoms with Crippen molar-refractivity contribution < 1.29 is 17.9 Å². The fourth-order valence-corrected chi connectivity index (χ4v) is 1.50. The van der Waals surface area contributed by atoms with Gasteiger partial charge in [-0.2, -0.15) is 18.4 Å². The fourth-order valence-electron chi connectivity index (χ4n) is 1.23. The number of hydrogen-bond acceptors (Lipinski definition) is 2. The zero-order valence-electron chi connectivity index (χ0n) is 8.23. The van der Waals surface area contributed by atoms with Crippen molar-refractivity contribution in [1.82, 2.24) is 0 Å². The molecule has 16 heavy (non-hydrogen) atoms. The Kier molecular flexibility index (Phi) is 3.66. The van der Waals surface area contributed by atoms with E-state index in [1.807, 2.05) is 0 Å². The molecule has 0 bridgehead atoms. The maximum Gasteiger partial charge on any atom is 0.416 e. The van der Waals surface area contributed by atoms with Gasteiger partial charge < -0.3 is 4.74 Å². The summed E-state index contributed by atoms with van der Waals surface area (Å²) in [6, 6.07) is 3.27. The van der Waals surface area contributed by atoms with Crippen LogP contribution in [0.15, 0.2) is 12.1 Å². The summed E-state index contributed by atoms with van der Waals surface area (Å²) in [6.07, 6.45) is -4.51. The zero-order valence-corrected chi connectivity index (χ0v) is 8.99. The topological polar surface area (TPSA) is 33.0 Å². The number of rotatable bonds is 2. The fraction of sp³-hybridized carbons (Fsp3) is 0.300. The van der Waals surface area contributed by atoms with E-state index in [1.165, 1.54) is 7.11 Å². The summed E-state index contributed by atoms with van der Waals surface area (Å²) in [5.41, 5.74) is -0.781. The molecule has 0 heterocycles. The monoisotopic (exact) mass is 249 g/mol. The molecule has 0 radical (unpaired) electrons. The number of alkyl halides is 4. The highest BCUT2D eigenvalue weighted by Crippen LogP contribution is 2.35. The van der Waals surface area contributed by atoms with E-state index in [2.05, 4.69) is 0 Å². The van der Waals surface area contributed by atoms with Gasteiger partial charge in [0, 0.05) is 5.56 Å². The van der Waals surface area contributed by atoms with Crippen LogP contribution in [0.4, 0.5) is 13.2 Å². The van der Waals surface area contributed by atoms with Crippen molar-refractivity contribution in [2.75, 3.05) is 7.11 Å². The molecule has 0 saturated carbocycles. The molecule has 0 unspecified atom stereocenters. The predicted molar refractivity (Wildman–Crippen MR) is 52.3 cm³/mol. The summed E-state index contributed by atoms with van der Waals surface area (Å²) in [5, 5.41) is 8.73. The average molecular weight is 250 g/mol. The van der Waals surface area contributed by atoms with E-state index in [0.717, 1.165) is 12.1 Å². The lowest BCUT2D eigenvalue weighted by Crippen LogP contribution is -2.07. The molecule has 0 atom stereocenters. The van der Waals surface area contributed by atoms with Gasteiger partial charge in [-0.25, -0.2) is 0 Å². The van der Waals surface area contributed by atoms with E-state index >= 15 is 0 Å². The normalized spacial score (nSPS) is 11.0. The lowest BCUT2D eigenvalue weighted by atomic mass is 10.0. The molecule has 86 valence electrons. The molecule has 1 rings (SSSR count). The number of nitrogens with zero attached hydrogens (tertiary/aromatic N) is 1. The smallest absolute Gasteiger partial charge is 0.416 e. The molecule has 0 aromatic heterocycles. The molecule has 0 fully saturated rings. The van der Waals surface area contributed by atoms with Gasteiger partial charge in [0.15, 0.2) is 0 Å². The van der Waals surface area contributed by atoms with Crippen molar-refractivity contribution in [3.63, 3.8) is 0 Å². The Labute approximate surface area is 95.2 Å². The molecule has 0 amide bonds. The average Bonchev–Trinajstić information content (AvgIpc) is 2.25. The number of benzene rings is 1. The Morgan fingerprint density at radius 2 is 2.06 bits per heavy atom. The summed E-state index contributed by atoms with van der Waals surface area (Å²) >= 11 is 5.55. The zero-order chi connectivity index (χ0) is 12.3. The van der Waals surface area contributed by atoms with Gasteiger partial charge in [0.1, 0.15) is 5.75 Å². The minimum atomic E-state index is -4.51. The summed E-state index contributed by atoms with van der Waals surface area (Å²) in [5.74, 6) is -0.106. The first-order valence-corrected chi connectivity index (χ1v) is 4.71. The molecule has 0 saturated heterocycles. The van der Waals surface area contributed by atoms with Crippen LogP contribution >= 0.6 is 11.6 Å². The summed E-state index contributed by atoms with van der Waals surface area (Å²) in [7, 11) is 1.23. The van der Waals surface area contributed by atoms with Gasteiger partial charge in [-0.1, -0.05) is 0 Å². The highest BCUT2D eigenvalue weighted by Gasteiger charge is 2.32. The van der Waals surface area contributed by atoms with Gasteiger partial charge in [0.25, 0.3) is 0 Å². The van der Waals surface area contributed by atoms with Crippen molar-refractivity contribution in [1.29, 1.82) is 5.26 Å². The number of hydrogen-bond donors (Lipinski definition) is 0. The summed E-state index contributed by atoms with van der Waals surface area (Å²) in [4.78, 5) is 0. The molecule has 1 aromatic carbocycles. The summed E-state index contributed by atoms with van der Waals surface area (Å²) in [6.45, 7) is 0. The SMILES string of the molecule is COc1cc(C(F)(F)F)cc(C#N)c1CCl. The van der Waals surface area contributed by atoms with E-state index in [1.54, 1.807) is 6.07 Å². The van der Waals surface area contributed by atoms with Crippen LogP contribution in [0.2, 0.25) is 0 Å². The first kappa shape index (κ1) is 12.7. The van der Waals surface area contributed by atoms with E-state index in [-0.39, 0.29) is 22.8 Å². The molecule has 0 spiro atoms. The second-order valence-electron chi connectivity index (χ2n) is 2.95. The lowest BCUT2D eigenvalue weighted by molar-refractivity contribution is -0.137. The Hall–Kier alpha value is -1.41. The first-order valence-electron chi connectivity index (χ1n) is 4.18. The second-order valence-corrected chi connectivity index (χ2v) is 3.22. The van der Waals surface area contributed by atoms with Crippen LogP contribution in [-0.4, -0.2) is 7.11 Å². The first-order chi connectivity index (χ1) is 7.43. The Morgan fingerprint density at radius 3 is 2.44 bits per heavy atom. The largest absolute Gasteiger partial charge is 0.496 e. The number of nitriles is 1. The molecule has 6 heteroatoms. The highest BCUT2D eigenvalue weighted by molar-refractivity contribution is 6.17. The highest BCUT2D eigenvalue weighted by atomic mass is 35.5. The quantitative estimate of drug-likeness (QED) is 0.753. The molecular weight excluding hydrogens is 243 g/mol. The van der Waals surface area contributed by atoms with Crippen molar-refractivity contribution in [2.45, 2.75) is 12.1 Å². The molecule has 0 aliphatic carbocycles. The standard InChI is InChI=1S/C10H7ClF3NO/c1-16-9-3-7(10(12,13)14)2-6(5-15)8(9)4-11/h2-3H,4H2,1H3. The van der Waals surface area contributed by atoms with Crippen molar-refractivity contribution >= 4 is 11.6 Å². The molecule has 1 aromatic rings. The number of methoxy groups -OCH3 is 1. The van der Waals surface area contributed by atoms with Crippen LogP contribution in [0.1, 0.15) is 16.7 Å². The van der Waals surface area contributed by atoms with Crippen LogP contribution in [-0.2, 0) is 12.1 Å².